The maximum Gasteiger partial charge on any atom is 0.0936 e. The summed E-state index contributed by atoms with van der Waals surface area (Å²) in [5.41, 5.74) is 2.56. The Balaban J connectivity index is 1.47. The van der Waals surface area contributed by atoms with Gasteiger partial charge in [0.2, 0.25) is 0 Å². The molecular weight excluding hydrogens is 302 g/mol. The molecule has 0 aliphatic carbocycles. The van der Waals surface area contributed by atoms with Crippen molar-refractivity contribution >= 4 is 5.69 Å². The molecule has 2 fully saturated rings. The molecule has 3 rings (SSSR count). The van der Waals surface area contributed by atoms with Gasteiger partial charge in [-0.1, -0.05) is 20.8 Å². The number of piperidine rings is 1. The molecule has 1 N–H and O–H groups in total. The van der Waals surface area contributed by atoms with E-state index in [1.807, 2.05) is 12.4 Å². The number of aromatic nitrogens is 1. The van der Waals surface area contributed by atoms with Crippen molar-refractivity contribution in [1.29, 1.82) is 0 Å². The Labute approximate surface area is 145 Å². The molecule has 2 saturated heterocycles. The first-order valence-corrected chi connectivity index (χ1v) is 9.14. The Morgan fingerprint density at radius 2 is 2.00 bits per heavy atom. The summed E-state index contributed by atoms with van der Waals surface area (Å²) in [5, 5.41) is 3.67. The highest BCUT2D eigenvalue weighted by Crippen LogP contribution is 2.25. The lowest BCUT2D eigenvalue weighted by atomic mass is 9.88. The summed E-state index contributed by atoms with van der Waals surface area (Å²) in [7, 11) is 0. The fraction of sp³-hybridized carbons (Fsp3) is 0.737. The van der Waals surface area contributed by atoms with Gasteiger partial charge in [0, 0.05) is 38.1 Å². The average Bonchev–Trinajstić information content (AvgIpc) is 2.57. The van der Waals surface area contributed by atoms with E-state index in [1.54, 1.807) is 0 Å². The van der Waals surface area contributed by atoms with Crippen molar-refractivity contribution in [2.24, 2.45) is 0 Å². The summed E-state index contributed by atoms with van der Waals surface area (Å²) < 4.78 is 11.2. The van der Waals surface area contributed by atoms with Crippen LogP contribution in [-0.4, -0.2) is 61.5 Å². The molecule has 1 aromatic heterocycles. The van der Waals surface area contributed by atoms with Crippen LogP contribution in [0.3, 0.4) is 0 Å². The Morgan fingerprint density at radius 3 is 2.67 bits per heavy atom. The van der Waals surface area contributed by atoms with Crippen molar-refractivity contribution in [1.82, 2.24) is 9.88 Å². The molecule has 0 radical (unpaired) electrons. The van der Waals surface area contributed by atoms with Crippen LogP contribution in [0.5, 0.6) is 0 Å². The summed E-state index contributed by atoms with van der Waals surface area (Å²) in [6, 6.07) is 2.77. The Kier molecular flexibility index (Phi) is 5.74. The monoisotopic (exact) mass is 333 g/mol. The fourth-order valence-corrected chi connectivity index (χ4v) is 3.35. The Morgan fingerprint density at radius 1 is 1.21 bits per heavy atom. The predicted octanol–water partition coefficient (Wildman–Crippen LogP) is 2.67. The average molecular weight is 333 g/mol. The number of nitrogens with zero attached hydrogens (tertiary/aromatic N) is 2. The molecule has 0 spiro atoms. The van der Waals surface area contributed by atoms with E-state index in [2.05, 4.69) is 42.0 Å². The van der Waals surface area contributed by atoms with E-state index >= 15 is 0 Å². The molecule has 0 saturated carbocycles. The molecule has 24 heavy (non-hydrogen) atoms. The summed E-state index contributed by atoms with van der Waals surface area (Å²) in [6.07, 6.45) is 6.48. The number of hydrogen-bond acceptors (Lipinski definition) is 5. The lowest BCUT2D eigenvalue weighted by Crippen LogP contribution is -2.45. The summed E-state index contributed by atoms with van der Waals surface area (Å²) in [4.78, 5) is 6.91. The second-order valence-electron chi connectivity index (χ2n) is 8.00. The molecule has 5 nitrogen and oxygen atoms in total. The topological polar surface area (TPSA) is 46.6 Å². The van der Waals surface area contributed by atoms with E-state index in [9.17, 15) is 0 Å². The van der Waals surface area contributed by atoms with Gasteiger partial charge in [0.25, 0.3) is 0 Å². The van der Waals surface area contributed by atoms with Crippen LogP contribution < -0.4 is 5.32 Å². The largest absolute Gasteiger partial charge is 0.381 e. The van der Waals surface area contributed by atoms with Crippen LogP contribution in [0.1, 0.15) is 39.2 Å². The zero-order valence-electron chi connectivity index (χ0n) is 15.3. The summed E-state index contributed by atoms with van der Waals surface area (Å²) >= 11 is 0. The number of ether oxygens (including phenoxy) is 2. The van der Waals surface area contributed by atoms with Gasteiger partial charge in [-0.15, -0.1) is 0 Å². The van der Waals surface area contributed by atoms with E-state index in [4.69, 9.17) is 9.47 Å². The van der Waals surface area contributed by atoms with Gasteiger partial charge >= 0.3 is 0 Å². The number of hydrogen-bond donors (Lipinski definition) is 1. The van der Waals surface area contributed by atoms with Crippen LogP contribution in [0.2, 0.25) is 0 Å². The second kappa shape index (κ2) is 7.81. The molecule has 0 bridgehead atoms. The van der Waals surface area contributed by atoms with Gasteiger partial charge < -0.3 is 19.7 Å². The highest BCUT2D eigenvalue weighted by molar-refractivity contribution is 5.45. The van der Waals surface area contributed by atoms with Crippen molar-refractivity contribution in [2.75, 3.05) is 44.8 Å². The first-order valence-electron chi connectivity index (χ1n) is 9.14. The van der Waals surface area contributed by atoms with Crippen LogP contribution >= 0.6 is 0 Å². The number of nitrogens with one attached hydrogen (secondary N) is 1. The molecule has 1 atom stereocenters. The Bertz CT molecular complexity index is 516. The maximum absolute atomic E-state index is 5.76. The number of pyridine rings is 1. The number of likely N-dealkylation sites (tertiary alicyclic amines) is 1. The molecule has 0 aromatic carbocycles. The molecule has 2 aliphatic heterocycles. The first kappa shape index (κ1) is 17.6. The minimum Gasteiger partial charge on any atom is -0.381 e. The van der Waals surface area contributed by atoms with Gasteiger partial charge in [-0.3, -0.25) is 4.98 Å². The van der Waals surface area contributed by atoms with E-state index in [1.165, 1.54) is 5.56 Å². The molecule has 134 valence electrons. The highest BCUT2D eigenvalue weighted by atomic mass is 16.6. The van der Waals surface area contributed by atoms with Gasteiger partial charge in [0.05, 0.1) is 31.6 Å². The van der Waals surface area contributed by atoms with Gasteiger partial charge in [-0.2, -0.15) is 0 Å². The number of anilines is 1. The van der Waals surface area contributed by atoms with E-state index in [-0.39, 0.29) is 11.5 Å². The van der Waals surface area contributed by atoms with Crippen molar-refractivity contribution in [3.63, 3.8) is 0 Å². The third kappa shape index (κ3) is 4.91. The van der Waals surface area contributed by atoms with Gasteiger partial charge in [-0.05, 0) is 29.9 Å². The zero-order valence-corrected chi connectivity index (χ0v) is 15.3. The molecule has 1 aromatic rings. The number of rotatable bonds is 4. The minimum absolute atomic E-state index is 0.135. The summed E-state index contributed by atoms with van der Waals surface area (Å²) in [5.74, 6) is 0. The summed E-state index contributed by atoms with van der Waals surface area (Å²) in [6.45, 7) is 12.1. The molecular formula is C19H31N3O2. The van der Waals surface area contributed by atoms with Crippen molar-refractivity contribution in [2.45, 2.75) is 51.2 Å². The smallest absolute Gasteiger partial charge is 0.0936 e. The molecule has 0 amide bonds. The lowest BCUT2D eigenvalue weighted by Gasteiger charge is -2.35. The van der Waals surface area contributed by atoms with Gasteiger partial charge in [0.1, 0.15) is 0 Å². The van der Waals surface area contributed by atoms with Gasteiger partial charge in [-0.25, -0.2) is 0 Å². The SMILES string of the molecule is CC(C)(C)c1cncc(NC2CCN(CC3COCCO3)CC2)c1. The van der Waals surface area contributed by atoms with E-state index < -0.39 is 0 Å². The lowest BCUT2D eigenvalue weighted by molar-refractivity contribution is -0.0986. The van der Waals surface area contributed by atoms with Crippen molar-refractivity contribution in [3.05, 3.63) is 24.0 Å². The molecule has 3 heterocycles. The molecule has 1 unspecified atom stereocenters. The van der Waals surface area contributed by atoms with Gasteiger partial charge in [0.15, 0.2) is 0 Å². The first-order chi connectivity index (χ1) is 11.5. The second-order valence-corrected chi connectivity index (χ2v) is 8.00. The molecule has 2 aliphatic rings. The maximum atomic E-state index is 5.76. The normalized spacial score (nSPS) is 24.0. The van der Waals surface area contributed by atoms with E-state index in [0.717, 1.165) is 58.0 Å². The van der Waals surface area contributed by atoms with Crippen LogP contribution in [0.25, 0.3) is 0 Å². The zero-order chi connectivity index (χ0) is 17.0. The third-order valence-corrected chi connectivity index (χ3v) is 4.91. The quantitative estimate of drug-likeness (QED) is 0.918. The van der Waals surface area contributed by atoms with Crippen LogP contribution in [0.4, 0.5) is 5.69 Å². The van der Waals surface area contributed by atoms with Crippen LogP contribution in [0, 0.1) is 0 Å². The van der Waals surface area contributed by atoms with Crippen LogP contribution in [-0.2, 0) is 14.9 Å². The van der Waals surface area contributed by atoms with Crippen LogP contribution in [0.15, 0.2) is 18.5 Å². The van der Waals surface area contributed by atoms with Crippen molar-refractivity contribution < 1.29 is 9.47 Å². The highest BCUT2D eigenvalue weighted by Gasteiger charge is 2.24. The third-order valence-electron chi connectivity index (χ3n) is 4.91. The minimum atomic E-state index is 0.135. The van der Waals surface area contributed by atoms with E-state index in [0.29, 0.717) is 6.04 Å². The Hall–Kier alpha value is -1.17. The van der Waals surface area contributed by atoms with Crippen molar-refractivity contribution in [3.8, 4) is 0 Å². The standard InChI is InChI=1S/C19H31N3O2/c1-19(2,3)15-10-17(12-20-11-15)21-16-4-6-22(7-5-16)13-18-14-23-8-9-24-18/h10-12,16,18,21H,4-9,13-14H2,1-3H3. The molecule has 5 heteroatoms. The fourth-order valence-electron chi connectivity index (χ4n) is 3.35. The predicted molar refractivity (Wildman–Crippen MR) is 96.6 cm³/mol.